The molecule has 6 nitrogen and oxygen atoms in total. The van der Waals surface area contributed by atoms with Crippen LogP contribution in [0.2, 0.25) is 10.0 Å². The van der Waals surface area contributed by atoms with Crippen LogP contribution in [0.5, 0.6) is 5.75 Å². The summed E-state index contributed by atoms with van der Waals surface area (Å²) in [4.78, 5) is 15.7. The standard InChI is InChI=1S/C17H19Cl2N3O3S/c1-3-5-25-16-13(18)6-11(7-14(16)19)9-20-22-17-21-12(10-26-17)8-15(23)24-4-2/h6-7,9-10H,3-5,8H2,1-2H3,(H,21,22)/b20-9-. The zero-order valence-electron chi connectivity index (χ0n) is 14.4. The van der Waals surface area contributed by atoms with Crippen molar-refractivity contribution < 1.29 is 14.3 Å². The molecule has 1 N–H and O–H groups in total. The number of hydrazone groups is 1. The number of carbonyl (C=O) groups excluding carboxylic acids is 1. The second-order valence-electron chi connectivity index (χ2n) is 5.16. The van der Waals surface area contributed by atoms with Crippen LogP contribution in [0, 0.1) is 0 Å². The molecule has 1 aromatic heterocycles. The van der Waals surface area contributed by atoms with E-state index in [1.165, 1.54) is 11.3 Å². The summed E-state index contributed by atoms with van der Waals surface area (Å²) in [5, 5.41) is 7.32. The molecule has 0 unspecified atom stereocenters. The van der Waals surface area contributed by atoms with Gasteiger partial charge in [-0.1, -0.05) is 30.1 Å². The van der Waals surface area contributed by atoms with Gasteiger partial charge < -0.3 is 9.47 Å². The van der Waals surface area contributed by atoms with Crippen molar-refractivity contribution in [3.63, 3.8) is 0 Å². The van der Waals surface area contributed by atoms with Crippen LogP contribution in [0.3, 0.4) is 0 Å². The minimum atomic E-state index is -0.303. The minimum Gasteiger partial charge on any atom is -0.490 e. The van der Waals surface area contributed by atoms with E-state index >= 15 is 0 Å². The fraction of sp³-hybridized carbons (Fsp3) is 0.353. The quantitative estimate of drug-likeness (QED) is 0.362. The van der Waals surface area contributed by atoms with Gasteiger partial charge in [-0.15, -0.1) is 11.3 Å². The van der Waals surface area contributed by atoms with Crippen LogP contribution in [0.1, 0.15) is 31.5 Å². The van der Waals surface area contributed by atoms with Crippen LogP contribution in [0.25, 0.3) is 0 Å². The zero-order chi connectivity index (χ0) is 18.9. The summed E-state index contributed by atoms with van der Waals surface area (Å²) in [6.45, 7) is 4.67. The Morgan fingerprint density at radius 2 is 2.08 bits per heavy atom. The van der Waals surface area contributed by atoms with Crippen molar-refractivity contribution in [1.82, 2.24) is 4.98 Å². The minimum absolute atomic E-state index is 0.139. The lowest BCUT2D eigenvalue weighted by atomic mass is 10.2. The van der Waals surface area contributed by atoms with Crippen molar-refractivity contribution in [1.29, 1.82) is 0 Å². The maximum absolute atomic E-state index is 11.4. The predicted octanol–water partition coefficient (Wildman–Crippen LogP) is 4.79. The van der Waals surface area contributed by atoms with Gasteiger partial charge in [-0.2, -0.15) is 5.10 Å². The first-order valence-corrected chi connectivity index (χ1v) is 9.68. The number of benzene rings is 1. The van der Waals surface area contributed by atoms with E-state index in [-0.39, 0.29) is 12.4 Å². The number of nitrogens with one attached hydrogen (secondary N) is 1. The van der Waals surface area contributed by atoms with E-state index in [0.717, 1.165) is 12.0 Å². The molecule has 2 rings (SSSR count). The zero-order valence-corrected chi connectivity index (χ0v) is 16.7. The third kappa shape index (κ3) is 6.16. The lowest BCUT2D eigenvalue weighted by molar-refractivity contribution is -0.142. The molecular weight excluding hydrogens is 397 g/mol. The van der Waals surface area contributed by atoms with Gasteiger partial charge >= 0.3 is 5.97 Å². The molecule has 140 valence electrons. The monoisotopic (exact) mass is 415 g/mol. The summed E-state index contributed by atoms with van der Waals surface area (Å²) in [6, 6.07) is 3.44. The number of nitrogens with zero attached hydrogens (tertiary/aromatic N) is 2. The maximum Gasteiger partial charge on any atom is 0.311 e. The number of esters is 1. The van der Waals surface area contributed by atoms with Crippen molar-refractivity contribution in [2.45, 2.75) is 26.7 Å². The Labute approximate surface area is 166 Å². The highest BCUT2D eigenvalue weighted by Crippen LogP contribution is 2.34. The van der Waals surface area contributed by atoms with E-state index in [1.54, 1.807) is 30.7 Å². The Balaban J connectivity index is 1.96. The van der Waals surface area contributed by atoms with Gasteiger partial charge in [0, 0.05) is 5.38 Å². The van der Waals surface area contributed by atoms with E-state index in [4.69, 9.17) is 32.7 Å². The topological polar surface area (TPSA) is 72.8 Å². The number of aromatic nitrogens is 1. The summed E-state index contributed by atoms with van der Waals surface area (Å²) in [5.41, 5.74) is 4.17. The fourth-order valence-corrected chi connectivity index (χ4v) is 3.23. The van der Waals surface area contributed by atoms with Gasteiger partial charge in [0.25, 0.3) is 0 Å². The first kappa shape index (κ1) is 20.5. The van der Waals surface area contributed by atoms with Crippen molar-refractivity contribution in [3.8, 4) is 5.75 Å². The van der Waals surface area contributed by atoms with Crippen molar-refractivity contribution in [3.05, 3.63) is 38.8 Å². The molecule has 0 fully saturated rings. The second-order valence-corrected chi connectivity index (χ2v) is 6.83. The number of carbonyl (C=O) groups is 1. The second kappa shape index (κ2) is 10.4. The molecule has 0 aliphatic heterocycles. The molecule has 0 amide bonds. The number of hydrogen-bond donors (Lipinski definition) is 1. The number of ether oxygens (including phenoxy) is 2. The van der Waals surface area contributed by atoms with Gasteiger partial charge in [0.1, 0.15) is 0 Å². The number of halogens is 2. The summed E-state index contributed by atoms with van der Waals surface area (Å²) in [7, 11) is 0. The van der Waals surface area contributed by atoms with Crippen LogP contribution in [-0.4, -0.2) is 30.4 Å². The number of thiazole rings is 1. The molecule has 0 saturated carbocycles. The van der Waals surface area contributed by atoms with Crippen LogP contribution in [0.15, 0.2) is 22.6 Å². The lowest BCUT2D eigenvalue weighted by Crippen LogP contribution is -2.07. The molecule has 0 radical (unpaired) electrons. The van der Waals surface area contributed by atoms with E-state index in [2.05, 4.69) is 15.5 Å². The van der Waals surface area contributed by atoms with E-state index in [9.17, 15) is 4.79 Å². The van der Waals surface area contributed by atoms with Crippen LogP contribution in [0.4, 0.5) is 5.13 Å². The van der Waals surface area contributed by atoms with Crippen LogP contribution < -0.4 is 10.2 Å². The highest BCUT2D eigenvalue weighted by atomic mass is 35.5. The Bertz CT molecular complexity index is 757. The maximum atomic E-state index is 11.4. The first-order valence-electron chi connectivity index (χ1n) is 8.04. The summed E-state index contributed by atoms with van der Waals surface area (Å²) in [6.07, 6.45) is 2.58. The van der Waals surface area contributed by atoms with E-state index < -0.39 is 0 Å². The summed E-state index contributed by atoms with van der Waals surface area (Å²) < 4.78 is 10.4. The fourth-order valence-electron chi connectivity index (χ4n) is 1.96. The van der Waals surface area contributed by atoms with Gasteiger partial charge in [-0.3, -0.25) is 10.2 Å². The SMILES string of the molecule is CCCOc1c(Cl)cc(/C=N\Nc2nc(CC(=O)OCC)cs2)cc1Cl. The van der Waals surface area contributed by atoms with E-state index in [1.807, 2.05) is 6.92 Å². The molecular formula is C17H19Cl2N3O3S. The summed E-state index contributed by atoms with van der Waals surface area (Å²) in [5.74, 6) is 0.173. The predicted molar refractivity (Wildman–Crippen MR) is 106 cm³/mol. The molecule has 9 heteroatoms. The van der Waals surface area contributed by atoms with Crippen LogP contribution in [-0.2, 0) is 16.0 Å². The molecule has 0 aliphatic rings. The molecule has 0 saturated heterocycles. The molecule has 1 aromatic carbocycles. The normalized spacial score (nSPS) is 10.9. The van der Waals surface area contributed by atoms with Gasteiger partial charge in [-0.05, 0) is 31.0 Å². The Morgan fingerprint density at radius 3 is 2.73 bits per heavy atom. The number of hydrogen-bond acceptors (Lipinski definition) is 7. The molecule has 0 spiro atoms. The van der Waals surface area contributed by atoms with Gasteiger partial charge in [0.2, 0.25) is 5.13 Å². The third-order valence-electron chi connectivity index (χ3n) is 3.03. The summed E-state index contributed by atoms with van der Waals surface area (Å²) >= 11 is 13.7. The highest BCUT2D eigenvalue weighted by molar-refractivity contribution is 7.13. The largest absolute Gasteiger partial charge is 0.490 e. The highest BCUT2D eigenvalue weighted by Gasteiger charge is 2.10. The molecule has 26 heavy (non-hydrogen) atoms. The van der Waals surface area contributed by atoms with Crippen molar-refractivity contribution >= 4 is 51.9 Å². The Kier molecular flexibility index (Phi) is 8.15. The van der Waals surface area contributed by atoms with E-state index in [0.29, 0.717) is 39.8 Å². The van der Waals surface area contributed by atoms with Crippen LogP contribution >= 0.6 is 34.5 Å². The number of rotatable bonds is 9. The Morgan fingerprint density at radius 1 is 1.35 bits per heavy atom. The average molecular weight is 416 g/mol. The average Bonchev–Trinajstić information content (AvgIpc) is 3.01. The molecule has 2 aromatic rings. The third-order valence-corrected chi connectivity index (χ3v) is 4.38. The van der Waals surface area contributed by atoms with Gasteiger partial charge in [-0.25, -0.2) is 4.98 Å². The molecule has 1 heterocycles. The first-order chi connectivity index (χ1) is 12.5. The van der Waals surface area contributed by atoms with Crippen molar-refractivity contribution in [2.75, 3.05) is 18.6 Å². The van der Waals surface area contributed by atoms with Crippen molar-refractivity contribution in [2.24, 2.45) is 5.10 Å². The van der Waals surface area contributed by atoms with Gasteiger partial charge in [0.05, 0.1) is 41.6 Å². The smallest absolute Gasteiger partial charge is 0.311 e. The Hall–Kier alpha value is -1.83. The molecule has 0 atom stereocenters. The van der Waals surface area contributed by atoms with Gasteiger partial charge in [0.15, 0.2) is 5.75 Å². The lowest BCUT2D eigenvalue weighted by Gasteiger charge is -2.09. The number of anilines is 1. The molecule has 0 aliphatic carbocycles. The molecule has 0 bridgehead atoms.